The minimum atomic E-state index is 0.502. The molecular formula is C14H23NO. The van der Waals surface area contributed by atoms with E-state index >= 15 is 0 Å². The molecule has 16 heavy (non-hydrogen) atoms. The lowest BCUT2D eigenvalue weighted by molar-refractivity contribution is 0.339. The highest BCUT2D eigenvalue weighted by Gasteiger charge is 2.22. The third-order valence-electron chi connectivity index (χ3n) is 3.74. The number of hydrogen-bond acceptors (Lipinski definition) is 2. The standard InChI is InChI=1S/C14H23NO/c1-11(10-14-8-5-9-16-14)15-12(2)13-6-3-4-7-13/h5,8-9,11-13,15H,3-4,6-7,10H2,1-2H3/t11?,12-/m1/s1. The summed E-state index contributed by atoms with van der Waals surface area (Å²) in [6, 6.07) is 5.16. The average molecular weight is 221 g/mol. The van der Waals surface area contributed by atoms with Gasteiger partial charge in [-0.3, -0.25) is 0 Å². The molecule has 0 aliphatic heterocycles. The summed E-state index contributed by atoms with van der Waals surface area (Å²) in [6.45, 7) is 4.57. The zero-order chi connectivity index (χ0) is 11.4. The van der Waals surface area contributed by atoms with Gasteiger partial charge in [0.15, 0.2) is 0 Å². The van der Waals surface area contributed by atoms with Crippen molar-refractivity contribution in [1.29, 1.82) is 0 Å². The quantitative estimate of drug-likeness (QED) is 0.824. The van der Waals surface area contributed by atoms with Gasteiger partial charge in [0.05, 0.1) is 6.26 Å². The first kappa shape index (κ1) is 11.7. The molecule has 2 rings (SSSR count). The van der Waals surface area contributed by atoms with Crippen molar-refractivity contribution in [3.8, 4) is 0 Å². The topological polar surface area (TPSA) is 25.2 Å². The fourth-order valence-corrected chi connectivity index (χ4v) is 2.83. The van der Waals surface area contributed by atoms with Gasteiger partial charge in [0, 0.05) is 18.5 Å². The molecule has 1 heterocycles. The number of furan rings is 1. The lowest BCUT2D eigenvalue weighted by Gasteiger charge is -2.24. The molecule has 1 N–H and O–H groups in total. The Labute approximate surface area is 98.4 Å². The van der Waals surface area contributed by atoms with Gasteiger partial charge in [0.25, 0.3) is 0 Å². The van der Waals surface area contributed by atoms with Crippen molar-refractivity contribution in [2.45, 2.75) is 58.0 Å². The van der Waals surface area contributed by atoms with E-state index in [2.05, 4.69) is 25.2 Å². The third-order valence-corrected chi connectivity index (χ3v) is 3.74. The normalized spacial score (nSPS) is 21.1. The van der Waals surface area contributed by atoms with Crippen LogP contribution in [0.3, 0.4) is 0 Å². The van der Waals surface area contributed by atoms with Gasteiger partial charge in [-0.2, -0.15) is 0 Å². The molecule has 2 heteroatoms. The van der Waals surface area contributed by atoms with Crippen molar-refractivity contribution >= 4 is 0 Å². The maximum Gasteiger partial charge on any atom is 0.105 e. The predicted molar refractivity (Wildman–Crippen MR) is 66.4 cm³/mol. The van der Waals surface area contributed by atoms with Crippen LogP contribution in [-0.2, 0) is 6.42 Å². The minimum absolute atomic E-state index is 0.502. The van der Waals surface area contributed by atoms with Crippen LogP contribution in [-0.4, -0.2) is 12.1 Å². The molecule has 1 aromatic rings. The van der Waals surface area contributed by atoms with Crippen molar-refractivity contribution in [2.24, 2.45) is 5.92 Å². The maximum atomic E-state index is 5.37. The summed E-state index contributed by atoms with van der Waals surface area (Å²) in [7, 11) is 0. The summed E-state index contributed by atoms with van der Waals surface area (Å²) < 4.78 is 5.37. The highest BCUT2D eigenvalue weighted by atomic mass is 16.3. The van der Waals surface area contributed by atoms with Gasteiger partial charge >= 0.3 is 0 Å². The monoisotopic (exact) mass is 221 g/mol. The van der Waals surface area contributed by atoms with E-state index in [-0.39, 0.29) is 0 Å². The highest BCUT2D eigenvalue weighted by Crippen LogP contribution is 2.27. The zero-order valence-corrected chi connectivity index (χ0v) is 10.4. The van der Waals surface area contributed by atoms with Crippen LogP contribution in [0.25, 0.3) is 0 Å². The summed E-state index contributed by atoms with van der Waals surface area (Å²) in [5.74, 6) is 1.97. The Morgan fingerprint density at radius 2 is 2.12 bits per heavy atom. The van der Waals surface area contributed by atoms with Crippen LogP contribution < -0.4 is 5.32 Å². The molecule has 0 bridgehead atoms. The lowest BCUT2D eigenvalue weighted by Crippen LogP contribution is -2.39. The van der Waals surface area contributed by atoms with Gasteiger partial charge in [0.2, 0.25) is 0 Å². The second-order valence-electron chi connectivity index (χ2n) is 5.18. The van der Waals surface area contributed by atoms with E-state index in [1.54, 1.807) is 6.26 Å². The molecule has 1 aromatic heterocycles. The van der Waals surface area contributed by atoms with E-state index < -0.39 is 0 Å². The van der Waals surface area contributed by atoms with E-state index in [1.165, 1.54) is 25.7 Å². The van der Waals surface area contributed by atoms with Crippen LogP contribution in [0.2, 0.25) is 0 Å². The molecule has 0 aromatic carbocycles. The van der Waals surface area contributed by atoms with E-state index in [1.807, 2.05) is 6.07 Å². The largest absolute Gasteiger partial charge is 0.469 e. The van der Waals surface area contributed by atoms with Gasteiger partial charge in [-0.1, -0.05) is 12.8 Å². The molecule has 0 amide bonds. The molecule has 0 saturated heterocycles. The Balaban J connectivity index is 1.75. The predicted octanol–water partition coefficient (Wildman–Crippen LogP) is 3.38. The number of rotatable bonds is 5. The molecule has 1 aliphatic rings. The average Bonchev–Trinajstić information content (AvgIpc) is 2.88. The third kappa shape index (κ3) is 3.11. The molecule has 0 radical (unpaired) electrons. The van der Waals surface area contributed by atoms with E-state index in [0.29, 0.717) is 12.1 Å². The van der Waals surface area contributed by atoms with Gasteiger partial charge in [-0.15, -0.1) is 0 Å². The van der Waals surface area contributed by atoms with Crippen molar-refractivity contribution in [3.63, 3.8) is 0 Å². The molecule has 1 saturated carbocycles. The second-order valence-corrected chi connectivity index (χ2v) is 5.18. The number of nitrogens with one attached hydrogen (secondary N) is 1. The summed E-state index contributed by atoms with van der Waals surface area (Å²) in [4.78, 5) is 0. The summed E-state index contributed by atoms with van der Waals surface area (Å²) in [5, 5.41) is 3.70. The molecule has 1 unspecified atom stereocenters. The molecule has 2 atom stereocenters. The Morgan fingerprint density at radius 1 is 1.38 bits per heavy atom. The van der Waals surface area contributed by atoms with Crippen molar-refractivity contribution < 1.29 is 4.42 Å². The van der Waals surface area contributed by atoms with Crippen LogP contribution in [0.15, 0.2) is 22.8 Å². The zero-order valence-electron chi connectivity index (χ0n) is 10.4. The molecule has 2 nitrogen and oxygen atoms in total. The first-order valence-electron chi connectivity index (χ1n) is 6.54. The second kappa shape index (κ2) is 5.53. The highest BCUT2D eigenvalue weighted by molar-refractivity contribution is 5.00. The van der Waals surface area contributed by atoms with Crippen molar-refractivity contribution in [2.75, 3.05) is 0 Å². The SMILES string of the molecule is CC(Cc1ccco1)N[C@H](C)C1CCCC1. The van der Waals surface area contributed by atoms with Gasteiger partial charge in [0.1, 0.15) is 5.76 Å². The minimum Gasteiger partial charge on any atom is -0.469 e. The molecule has 1 fully saturated rings. The Hall–Kier alpha value is -0.760. The van der Waals surface area contributed by atoms with E-state index in [4.69, 9.17) is 4.42 Å². The van der Waals surface area contributed by atoms with Gasteiger partial charge in [-0.25, -0.2) is 0 Å². The van der Waals surface area contributed by atoms with Crippen molar-refractivity contribution in [1.82, 2.24) is 5.32 Å². The van der Waals surface area contributed by atoms with E-state index in [0.717, 1.165) is 18.1 Å². The van der Waals surface area contributed by atoms with Crippen LogP contribution in [0, 0.1) is 5.92 Å². The van der Waals surface area contributed by atoms with Crippen LogP contribution >= 0.6 is 0 Å². The first-order chi connectivity index (χ1) is 7.75. The smallest absolute Gasteiger partial charge is 0.105 e. The van der Waals surface area contributed by atoms with Crippen LogP contribution in [0.4, 0.5) is 0 Å². The maximum absolute atomic E-state index is 5.37. The molecule has 0 spiro atoms. The van der Waals surface area contributed by atoms with Gasteiger partial charge in [-0.05, 0) is 44.7 Å². The summed E-state index contributed by atoms with van der Waals surface area (Å²) in [6.07, 6.45) is 8.39. The lowest BCUT2D eigenvalue weighted by atomic mass is 9.98. The molecule has 90 valence electrons. The number of hydrogen-bond donors (Lipinski definition) is 1. The van der Waals surface area contributed by atoms with E-state index in [9.17, 15) is 0 Å². The fraction of sp³-hybridized carbons (Fsp3) is 0.714. The summed E-state index contributed by atoms with van der Waals surface area (Å²) in [5.41, 5.74) is 0. The fourth-order valence-electron chi connectivity index (χ4n) is 2.83. The van der Waals surface area contributed by atoms with Crippen LogP contribution in [0.5, 0.6) is 0 Å². The van der Waals surface area contributed by atoms with Crippen molar-refractivity contribution in [3.05, 3.63) is 24.2 Å². The first-order valence-corrected chi connectivity index (χ1v) is 6.54. The molecule has 1 aliphatic carbocycles. The Kier molecular flexibility index (Phi) is 4.05. The van der Waals surface area contributed by atoms with Gasteiger partial charge < -0.3 is 9.73 Å². The Bertz CT molecular complexity index is 288. The van der Waals surface area contributed by atoms with Crippen LogP contribution in [0.1, 0.15) is 45.3 Å². The Morgan fingerprint density at radius 3 is 2.75 bits per heavy atom. The molecular weight excluding hydrogens is 198 g/mol. The summed E-state index contributed by atoms with van der Waals surface area (Å²) >= 11 is 0.